The molecule has 0 fully saturated rings. The lowest BCUT2D eigenvalue weighted by atomic mass is 10.0. The third-order valence-electron chi connectivity index (χ3n) is 3.68. The highest BCUT2D eigenvalue weighted by molar-refractivity contribution is 5.78. The molecule has 0 aliphatic carbocycles. The third kappa shape index (κ3) is 4.98. The molecule has 24 heavy (non-hydrogen) atoms. The van der Waals surface area contributed by atoms with Gasteiger partial charge in [-0.15, -0.1) is 0 Å². The van der Waals surface area contributed by atoms with Crippen LogP contribution in [0.15, 0.2) is 48.5 Å². The SMILES string of the molecule is O=C(CCc1ccc([N+](=O)[O-])cc1)CCc1ccc([N+](=O)[O-])cc1. The number of aryl methyl sites for hydroxylation is 2. The first-order valence-corrected chi connectivity index (χ1v) is 7.44. The van der Waals surface area contributed by atoms with Crippen LogP contribution in [0.3, 0.4) is 0 Å². The summed E-state index contributed by atoms with van der Waals surface area (Å²) in [5.41, 5.74) is 1.82. The van der Waals surface area contributed by atoms with E-state index >= 15 is 0 Å². The van der Waals surface area contributed by atoms with Crippen LogP contribution in [0, 0.1) is 20.2 Å². The van der Waals surface area contributed by atoms with Gasteiger partial charge in [0.25, 0.3) is 11.4 Å². The number of ketones is 1. The van der Waals surface area contributed by atoms with E-state index in [2.05, 4.69) is 0 Å². The van der Waals surface area contributed by atoms with Crippen molar-refractivity contribution in [1.29, 1.82) is 0 Å². The summed E-state index contributed by atoms with van der Waals surface area (Å²) in [5, 5.41) is 21.1. The zero-order valence-corrected chi connectivity index (χ0v) is 12.9. The molecule has 0 saturated carbocycles. The average Bonchev–Trinajstić information content (AvgIpc) is 2.58. The topological polar surface area (TPSA) is 103 Å². The quantitative estimate of drug-likeness (QED) is 0.543. The molecule has 0 radical (unpaired) electrons. The van der Waals surface area contributed by atoms with Crippen LogP contribution >= 0.6 is 0 Å². The lowest BCUT2D eigenvalue weighted by Crippen LogP contribution is -2.02. The first kappa shape index (κ1) is 17.3. The van der Waals surface area contributed by atoms with E-state index in [1.165, 1.54) is 24.3 Å². The summed E-state index contributed by atoms with van der Waals surface area (Å²) >= 11 is 0. The Kier molecular flexibility index (Phi) is 5.73. The molecule has 0 N–H and O–H groups in total. The normalized spacial score (nSPS) is 10.3. The molecule has 2 rings (SSSR count). The Labute approximate surface area is 138 Å². The molecule has 2 aromatic rings. The van der Waals surface area contributed by atoms with Crippen molar-refractivity contribution in [3.63, 3.8) is 0 Å². The number of carbonyl (C=O) groups is 1. The number of hydrogen-bond donors (Lipinski definition) is 0. The smallest absolute Gasteiger partial charge is 0.269 e. The minimum absolute atomic E-state index is 0.0308. The van der Waals surface area contributed by atoms with Crippen molar-refractivity contribution < 1.29 is 14.6 Å². The van der Waals surface area contributed by atoms with Gasteiger partial charge in [0.2, 0.25) is 0 Å². The van der Waals surface area contributed by atoms with Gasteiger partial charge in [0.05, 0.1) is 9.85 Å². The third-order valence-corrected chi connectivity index (χ3v) is 3.68. The van der Waals surface area contributed by atoms with Gasteiger partial charge in [-0.1, -0.05) is 24.3 Å². The Morgan fingerprint density at radius 3 is 1.33 bits per heavy atom. The fraction of sp³-hybridized carbons (Fsp3) is 0.235. The van der Waals surface area contributed by atoms with Gasteiger partial charge in [0.1, 0.15) is 5.78 Å². The maximum absolute atomic E-state index is 11.9. The van der Waals surface area contributed by atoms with Crippen molar-refractivity contribution in [2.24, 2.45) is 0 Å². The van der Waals surface area contributed by atoms with Gasteiger partial charge >= 0.3 is 0 Å². The predicted molar refractivity (Wildman–Crippen MR) is 87.8 cm³/mol. The van der Waals surface area contributed by atoms with Crippen LogP contribution in [0.4, 0.5) is 11.4 Å². The van der Waals surface area contributed by atoms with E-state index in [4.69, 9.17) is 0 Å². The molecule has 7 nitrogen and oxygen atoms in total. The van der Waals surface area contributed by atoms with Crippen molar-refractivity contribution in [3.05, 3.63) is 79.9 Å². The molecule has 0 spiro atoms. The standard InChI is InChI=1S/C17H16N2O5/c20-17(11-5-13-1-7-15(8-2-13)18(21)22)12-6-14-3-9-16(10-4-14)19(23)24/h1-4,7-10H,5-6,11-12H2. The van der Waals surface area contributed by atoms with Crippen molar-refractivity contribution in [2.45, 2.75) is 25.7 Å². The minimum Gasteiger partial charge on any atom is -0.300 e. The first-order valence-electron chi connectivity index (χ1n) is 7.44. The van der Waals surface area contributed by atoms with Gasteiger partial charge in [0.15, 0.2) is 0 Å². The van der Waals surface area contributed by atoms with E-state index in [-0.39, 0.29) is 17.2 Å². The highest BCUT2D eigenvalue weighted by Crippen LogP contribution is 2.15. The highest BCUT2D eigenvalue weighted by Gasteiger charge is 2.08. The second-order valence-corrected chi connectivity index (χ2v) is 5.39. The summed E-state index contributed by atoms with van der Waals surface area (Å²) in [6.45, 7) is 0. The molecule has 0 atom stereocenters. The largest absolute Gasteiger partial charge is 0.300 e. The molecule has 0 aliphatic rings. The summed E-state index contributed by atoms with van der Waals surface area (Å²) in [6, 6.07) is 12.3. The summed E-state index contributed by atoms with van der Waals surface area (Å²) in [5.74, 6) is 0.0895. The van der Waals surface area contributed by atoms with E-state index in [1.807, 2.05) is 0 Å². The van der Waals surface area contributed by atoms with Crippen LogP contribution in [0.5, 0.6) is 0 Å². The Hall–Kier alpha value is -3.09. The van der Waals surface area contributed by atoms with E-state index < -0.39 is 9.85 Å². The molecule has 124 valence electrons. The second-order valence-electron chi connectivity index (χ2n) is 5.39. The van der Waals surface area contributed by atoms with Gasteiger partial charge in [-0.05, 0) is 24.0 Å². The second kappa shape index (κ2) is 7.96. The number of nitro groups is 2. The molecule has 0 heterocycles. The molecule has 0 aromatic heterocycles. The predicted octanol–water partition coefficient (Wildman–Crippen LogP) is 3.64. The Balaban J connectivity index is 1.78. The van der Waals surface area contributed by atoms with Crippen LogP contribution < -0.4 is 0 Å². The van der Waals surface area contributed by atoms with Crippen LogP contribution in [-0.2, 0) is 17.6 Å². The number of non-ortho nitro benzene ring substituents is 2. The molecule has 7 heteroatoms. The number of nitrogens with zero attached hydrogens (tertiary/aromatic N) is 2. The lowest BCUT2D eigenvalue weighted by molar-refractivity contribution is -0.385. The number of carbonyl (C=O) groups excluding carboxylic acids is 1. The zero-order chi connectivity index (χ0) is 17.5. The molecule has 0 bridgehead atoms. The highest BCUT2D eigenvalue weighted by atomic mass is 16.6. The fourth-order valence-electron chi connectivity index (χ4n) is 2.26. The zero-order valence-electron chi connectivity index (χ0n) is 12.9. The molecule has 2 aromatic carbocycles. The molecular weight excluding hydrogens is 312 g/mol. The summed E-state index contributed by atoms with van der Waals surface area (Å²) < 4.78 is 0. The van der Waals surface area contributed by atoms with E-state index in [9.17, 15) is 25.0 Å². The number of hydrogen-bond acceptors (Lipinski definition) is 5. The number of benzene rings is 2. The van der Waals surface area contributed by atoms with E-state index in [0.717, 1.165) is 11.1 Å². The van der Waals surface area contributed by atoms with E-state index in [0.29, 0.717) is 25.7 Å². The van der Waals surface area contributed by atoms with Gasteiger partial charge in [-0.3, -0.25) is 25.0 Å². The monoisotopic (exact) mass is 328 g/mol. The maximum Gasteiger partial charge on any atom is 0.269 e. The van der Waals surface area contributed by atoms with Crippen LogP contribution in [0.1, 0.15) is 24.0 Å². The van der Waals surface area contributed by atoms with Crippen LogP contribution in [0.25, 0.3) is 0 Å². The van der Waals surface area contributed by atoms with Crippen molar-refractivity contribution >= 4 is 17.2 Å². The lowest BCUT2D eigenvalue weighted by Gasteiger charge is -2.03. The fourth-order valence-corrected chi connectivity index (χ4v) is 2.26. The van der Waals surface area contributed by atoms with Crippen molar-refractivity contribution in [1.82, 2.24) is 0 Å². The van der Waals surface area contributed by atoms with Crippen molar-refractivity contribution in [2.75, 3.05) is 0 Å². The Morgan fingerprint density at radius 2 is 1.04 bits per heavy atom. The first-order chi connectivity index (χ1) is 11.5. The minimum atomic E-state index is -0.459. The average molecular weight is 328 g/mol. The number of Topliss-reactive ketones (excluding diaryl/α,β-unsaturated/α-hetero) is 1. The molecule has 0 saturated heterocycles. The van der Waals surface area contributed by atoms with Gasteiger partial charge in [-0.25, -0.2) is 0 Å². The number of nitro benzene ring substituents is 2. The van der Waals surface area contributed by atoms with Crippen LogP contribution in [-0.4, -0.2) is 15.6 Å². The maximum atomic E-state index is 11.9. The Morgan fingerprint density at radius 1 is 0.708 bits per heavy atom. The van der Waals surface area contributed by atoms with Gasteiger partial charge < -0.3 is 0 Å². The number of rotatable bonds is 8. The molecule has 0 unspecified atom stereocenters. The van der Waals surface area contributed by atoms with E-state index in [1.54, 1.807) is 24.3 Å². The molecular formula is C17H16N2O5. The molecule has 0 aliphatic heterocycles. The van der Waals surface area contributed by atoms with Gasteiger partial charge in [0, 0.05) is 37.1 Å². The summed E-state index contributed by atoms with van der Waals surface area (Å²) in [4.78, 5) is 32.1. The van der Waals surface area contributed by atoms with Gasteiger partial charge in [-0.2, -0.15) is 0 Å². The Bertz CT molecular complexity index is 675. The summed E-state index contributed by atoms with van der Waals surface area (Å²) in [7, 11) is 0. The van der Waals surface area contributed by atoms with Crippen molar-refractivity contribution in [3.8, 4) is 0 Å². The van der Waals surface area contributed by atoms with Crippen LogP contribution in [0.2, 0.25) is 0 Å². The summed E-state index contributed by atoms with van der Waals surface area (Å²) in [6.07, 6.45) is 1.81. The molecule has 0 amide bonds.